The second kappa shape index (κ2) is 9.38. The number of likely N-dealkylation sites (N-methyl/N-ethyl adjacent to an activating group) is 1. The van der Waals surface area contributed by atoms with Crippen molar-refractivity contribution in [1.82, 2.24) is 4.31 Å². The lowest BCUT2D eigenvalue weighted by Gasteiger charge is -2.21. The molecule has 7 nitrogen and oxygen atoms in total. The molecule has 0 aliphatic rings. The lowest BCUT2D eigenvalue weighted by Crippen LogP contribution is -2.38. The van der Waals surface area contributed by atoms with Crippen LogP contribution in [0, 0.1) is 0 Å². The number of anilines is 2. The van der Waals surface area contributed by atoms with Gasteiger partial charge in [0, 0.05) is 24.8 Å². The Morgan fingerprint density at radius 1 is 1.00 bits per heavy atom. The van der Waals surface area contributed by atoms with Crippen molar-refractivity contribution in [3.63, 3.8) is 0 Å². The number of nitrogens with zero attached hydrogens (tertiary/aromatic N) is 1. The van der Waals surface area contributed by atoms with Crippen molar-refractivity contribution in [3.8, 4) is 0 Å². The van der Waals surface area contributed by atoms with E-state index in [4.69, 9.17) is 23.2 Å². The quantitative estimate of drug-likeness (QED) is 0.682. The van der Waals surface area contributed by atoms with Crippen LogP contribution in [0.1, 0.15) is 13.8 Å². The van der Waals surface area contributed by atoms with Crippen LogP contribution in [0.5, 0.6) is 0 Å². The molecule has 0 aliphatic carbocycles. The Kier molecular flexibility index (Phi) is 7.42. The minimum absolute atomic E-state index is 0.0695. The summed E-state index contributed by atoms with van der Waals surface area (Å²) in [4.78, 5) is 23.2. The lowest BCUT2D eigenvalue weighted by atomic mass is 10.2. The van der Waals surface area contributed by atoms with E-state index in [9.17, 15) is 18.0 Å². The molecule has 2 aromatic carbocycles. The Labute approximate surface area is 173 Å². The summed E-state index contributed by atoms with van der Waals surface area (Å²) in [5.74, 6) is -0.726. The summed E-state index contributed by atoms with van der Waals surface area (Å²) in [5, 5.41) is 5.26. The third kappa shape index (κ3) is 5.45. The average Bonchev–Trinajstić information content (AvgIpc) is 2.63. The Morgan fingerprint density at radius 3 is 2.11 bits per heavy atom. The van der Waals surface area contributed by atoms with Crippen LogP contribution in [0.15, 0.2) is 47.4 Å². The predicted octanol–water partition coefficient (Wildman–Crippen LogP) is 3.60. The molecule has 0 fully saturated rings. The second-order valence-electron chi connectivity index (χ2n) is 5.79. The molecule has 2 amide bonds. The maximum absolute atomic E-state index is 12.8. The Bertz CT molecular complexity index is 979. The van der Waals surface area contributed by atoms with Crippen molar-refractivity contribution in [1.29, 1.82) is 0 Å². The molecule has 0 saturated carbocycles. The molecule has 2 rings (SSSR count). The summed E-state index contributed by atoms with van der Waals surface area (Å²) in [7, 11) is -4.00. The van der Waals surface area contributed by atoms with E-state index in [0.717, 1.165) is 4.31 Å². The van der Waals surface area contributed by atoms with Gasteiger partial charge in [-0.15, -0.1) is 0 Å². The van der Waals surface area contributed by atoms with Crippen LogP contribution in [0.2, 0.25) is 10.0 Å². The highest BCUT2D eigenvalue weighted by Gasteiger charge is 2.28. The highest BCUT2D eigenvalue weighted by atomic mass is 35.5. The summed E-state index contributed by atoms with van der Waals surface area (Å²) >= 11 is 11.9. The van der Waals surface area contributed by atoms with Gasteiger partial charge in [-0.25, -0.2) is 8.42 Å². The van der Waals surface area contributed by atoms with Gasteiger partial charge in [0.05, 0.1) is 16.6 Å². The minimum atomic E-state index is -4.00. The van der Waals surface area contributed by atoms with Gasteiger partial charge in [0.2, 0.25) is 21.8 Å². The maximum atomic E-state index is 12.8. The minimum Gasteiger partial charge on any atom is -0.326 e. The van der Waals surface area contributed by atoms with E-state index in [1.165, 1.54) is 25.1 Å². The zero-order valence-electron chi connectivity index (χ0n) is 15.2. The summed E-state index contributed by atoms with van der Waals surface area (Å²) in [6, 6.07) is 10.7. The van der Waals surface area contributed by atoms with E-state index in [-0.39, 0.29) is 27.4 Å². The molecule has 0 radical (unpaired) electrons. The van der Waals surface area contributed by atoms with E-state index in [1.54, 1.807) is 31.2 Å². The highest BCUT2D eigenvalue weighted by molar-refractivity contribution is 7.89. The number of hydrogen-bond donors (Lipinski definition) is 2. The molecule has 0 unspecified atom stereocenters. The van der Waals surface area contributed by atoms with Crippen LogP contribution in [-0.4, -0.2) is 37.6 Å². The van der Waals surface area contributed by atoms with Gasteiger partial charge in [0.15, 0.2) is 0 Å². The van der Waals surface area contributed by atoms with Gasteiger partial charge < -0.3 is 10.6 Å². The number of sulfonamides is 1. The number of amides is 2. The number of benzene rings is 2. The van der Waals surface area contributed by atoms with Gasteiger partial charge in [0.1, 0.15) is 4.90 Å². The number of halogens is 2. The molecular weight excluding hydrogens is 425 g/mol. The molecule has 0 bridgehead atoms. The molecule has 2 aromatic rings. The third-order valence-corrected chi connectivity index (χ3v) is 6.59. The fourth-order valence-corrected chi connectivity index (χ4v) is 4.53. The van der Waals surface area contributed by atoms with Crippen molar-refractivity contribution >= 4 is 56.4 Å². The van der Waals surface area contributed by atoms with Crippen molar-refractivity contribution in [2.75, 3.05) is 23.7 Å². The molecule has 0 saturated heterocycles. The maximum Gasteiger partial charge on any atom is 0.245 e. The molecular formula is C18H19Cl2N3O4S. The van der Waals surface area contributed by atoms with E-state index >= 15 is 0 Å². The monoisotopic (exact) mass is 443 g/mol. The lowest BCUT2D eigenvalue weighted by molar-refractivity contribution is -0.116. The van der Waals surface area contributed by atoms with Gasteiger partial charge >= 0.3 is 0 Å². The van der Waals surface area contributed by atoms with Crippen molar-refractivity contribution < 1.29 is 18.0 Å². The molecule has 0 atom stereocenters. The zero-order valence-corrected chi connectivity index (χ0v) is 17.5. The fourth-order valence-electron chi connectivity index (χ4n) is 2.39. The first kappa shape index (κ1) is 22.2. The number of carbonyl (C=O) groups excluding carboxylic acids is 2. The van der Waals surface area contributed by atoms with Crippen LogP contribution >= 0.6 is 23.2 Å². The third-order valence-electron chi connectivity index (χ3n) is 3.70. The van der Waals surface area contributed by atoms with Crippen LogP contribution in [0.25, 0.3) is 0 Å². The normalized spacial score (nSPS) is 11.3. The molecule has 0 spiro atoms. The Morgan fingerprint density at radius 2 is 1.57 bits per heavy atom. The molecule has 28 heavy (non-hydrogen) atoms. The van der Waals surface area contributed by atoms with E-state index in [1.807, 2.05) is 0 Å². The Hall–Kier alpha value is -2.13. The van der Waals surface area contributed by atoms with Gasteiger partial charge in [-0.2, -0.15) is 4.31 Å². The second-order valence-corrected chi connectivity index (χ2v) is 8.48. The molecule has 2 N–H and O–H groups in total. The molecule has 0 heterocycles. The SMILES string of the molecule is CCN(CC(=O)Nc1ccc(NC(C)=O)cc1)S(=O)(=O)c1cccc(Cl)c1Cl. The predicted molar refractivity (Wildman–Crippen MR) is 110 cm³/mol. The molecule has 0 aliphatic heterocycles. The van der Waals surface area contributed by atoms with Crippen LogP contribution < -0.4 is 10.6 Å². The van der Waals surface area contributed by atoms with E-state index in [2.05, 4.69) is 10.6 Å². The largest absolute Gasteiger partial charge is 0.326 e. The molecule has 150 valence electrons. The fraction of sp³-hybridized carbons (Fsp3) is 0.222. The standard InChI is InChI=1S/C18H19Cl2N3O4S/c1-3-23(28(26,27)16-6-4-5-15(19)18(16)20)11-17(25)22-14-9-7-13(8-10-14)21-12(2)24/h4-10H,3,11H2,1-2H3,(H,21,24)(H,22,25). The number of nitrogens with one attached hydrogen (secondary N) is 2. The average molecular weight is 444 g/mol. The van der Waals surface area contributed by atoms with Crippen molar-refractivity contribution in [3.05, 3.63) is 52.5 Å². The Balaban J connectivity index is 2.12. The first-order valence-corrected chi connectivity index (χ1v) is 10.5. The summed E-state index contributed by atoms with van der Waals surface area (Å²) in [6.45, 7) is 2.68. The smallest absolute Gasteiger partial charge is 0.245 e. The zero-order chi connectivity index (χ0) is 20.9. The van der Waals surface area contributed by atoms with Crippen LogP contribution in [0.3, 0.4) is 0 Å². The number of rotatable bonds is 7. The van der Waals surface area contributed by atoms with E-state index < -0.39 is 22.5 Å². The molecule has 0 aromatic heterocycles. The summed E-state index contributed by atoms with van der Waals surface area (Å²) in [6.07, 6.45) is 0. The van der Waals surface area contributed by atoms with Crippen LogP contribution in [0.4, 0.5) is 11.4 Å². The first-order valence-electron chi connectivity index (χ1n) is 8.26. The van der Waals surface area contributed by atoms with Crippen LogP contribution in [-0.2, 0) is 19.6 Å². The van der Waals surface area contributed by atoms with E-state index in [0.29, 0.717) is 11.4 Å². The summed E-state index contributed by atoms with van der Waals surface area (Å²) < 4.78 is 26.7. The molecule has 10 heteroatoms. The van der Waals surface area contributed by atoms with Gasteiger partial charge in [0.25, 0.3) is 0 Å². The van der Waals surface area contributed by atoms with Gasteiger partial charge in [-0.1, -0.05) is 36.2 Å². The first-order chi connectivity index (χ1) is 13.1. The van der Waals surface area contributed by atoms with Crippen molar-refractivity contribution in [2.45, 2.75) is 18.7 Å². The number of hydrogen-bond acceptors (Lipinski definition) is 4. The topological polar surface area (TPSA) is 95.6 Å². The highest BCUT2D eigenvalue weighted by Crippen LogP contribution is 2.30. The van der Waals surface area contributed by atoms with Gasteiger partial charge in [-0.3, -0.25) is 9.59 Å². The summed E-state index contributed by atoms with van der Waals surface area (Å²) in [5.41, 5.74) is 1.05. The van der Waals surface area contributed by atoms with Crippen molar-refractivity contribution in [2.24, 2.45) is 0 Å². The number of carbonyl (C=O) groups is 2. The van der Waals surface area contributed by atoms with Gasteiger partial charge in [-0.05, 0) is 36.4 Å².